The van der Waals surface area contributed by atoms with Crippen molar-refractivity contribution in [1.29, 1.82) is 0 Å². The van der Waals surface area contributed by atoms with E-state index in [2.05, 4.69) is 10.6 Å². The fourth-order valence-electron chi connectivity index (χ4n) is 2.91. The number of ether oxygens (including phenoxy) is 2. The Kier molecular flexibility index (Phi) is 5.79. The van der Waals surface area contributed by atoms with Crippen LogP contribution in [0.25, 0.3) is 0 Å². The number of benzene rings is 2. The first-order valence-corrected chi connectivity index (χ1v) is 9.41. The zero-order valence-electron chi connectivity index (χ0n) is 16.1. The van der Waals surface area contributed by atoms with E-state index in [0.717, 1.165) is 23.3 Å². The summed E-state index contributed by atoms with van der Waals surface area (Å²) in [6.07, 6.45) is 0.242. The third-order valence-electron chi connectivity index (χ3n) is 4.03. The molecule has 0 saturated carbocycles. The average molecular weight is 403 g/mol. The summed E-state index contributed by atoms with van der Waals surface area (Å²) in [7, 11) is 0. The molecular formula is C21H23ClN2O4. The number of carbonyl (C=O) groups is 2. The highest BCUT2D eigenvalue weighted by Crippen LogP contribution is 2.32. The van der Waals surface area contributed by atoms with E-state index in [-0.39, 0.29) is 5.91 Å². The summed E-state index contributed by atoms with van der Waals surface area (Å²) in [6, 6.07) is 10.3. The summed E-state index contributed by atoms with van der Waals surface area (Å²) < 4.78 is 10.9. The number of halogens is 1. The molecule has 2 amide bonds. The van der Waals surface area contributed by atoms with Gasteiger partial charge >= 0.3 is 6.09 Å². The molecule has 1 aliphatic rings. The molecule has 0 radical (unpaired) electrons. The molecule has 1 aliphatic heterocycles. The van der Waals surface area contributed by atoms with E-state index in [9.17, 15) is 9.59 Å². The van der Waals surface area contributed by atoms with Gasteiger partial charge in [-0.05, 0) is 56.7 Å². The lowest BCUT2D eigenvalue weighted by atomic mass is 10.1. The van der Waals surface area contributed by atoms with Crippen molar-refractivity contribution in [1.82, 2.24) is 5.32 Å². The van der Waals surface area contributed by atoms with Gasteiger partial charge in [-0.3, -0.25) is 10.1 Å². The molecule has 1 heterocycles. The van der Waals surface area contributed by atoms with Crippen LogP contribution in [0.1, 0.15) is 42.3 Å². The van der Waals surface area contributed by atoms with Crippen molar-refractivity contribution in [3.05, 3.63) is 58.1 Å². The summed E-state index contributed by atoms with van der Waals surface area (Å²) in [4.78, 5) is 24.4. The van der Waals surface area contributed by atoms with E-state index in [1.54, 1.807) is 51.1 Å². The molecule has 0 atom stereocenters. The van der Waals surface area contributed by atoms with Crippen molar-refractivity contribution >= 4 is 29.3 Å². The number of hydrogen-bond donors (Lipinski definition) is 2. The van der Waals surface area contributed by atoms with Crippen LogP contribution in [0.3, 0.4) is 0 Å². The molecule has 0 unspecified atom stereocenters. The minimum absolute atomic E-state index is 0.264. The average Bonchev–Trinajstić information content (AvgIpc) is 3.06. The smallest absolute Gasteiger partial charge is 0.412 e. The SMILES string of the molecule is CC(C)(C)OC(=O)Nc1cccc(C(=O)NCc2cc(Cl)cc3c2OCC3)c1. The lowest BCUT2D eigenvalue weighted by Gasteiger charge is -2.19. The van der Waals surface area contributed by atoms with E-state index in [1.807, 2.05) is 6.07 Å². The Labute approximate surface area is 169 Å². The Hall–Kier alpha value is -2.73. The van der Waals surface area contributed by atoms with E-state index in [0.29, 0.717) is 29.4 Å². The van der Waals surface area contributed by atoms with Crippen molar-refractivity contribution in [3.8, 4) is 5.75 Å². The van der Waals surface area contributed by atoms with Crippen LogP contribution in [-0.2, 0) is 17.7 Å². The monoisotopic (exact) mass is 402 g/mol. The van der Waals surface area contributed by atoms with Crippen LogP contribution in [0.2, 0.25) is 5.02 Å². The van der Waals surface area contributed by atoms with Crippen LogP contribution < -0.4 is 15.4 Å². The molecule has 2 aromatic rings. The van der Waals surface area contributed by atoms with Crippen LogP contribution in [0.4, 0.5) is 10.5 Å². The number of fused-ring (bicyclic) bond motifs is 1. The number of nitrogens with one attached hydrogen (secondary N) is 2. The number of rotatable bonds is 4. The molecule has 0 aliphatic carbocycles. The fraction of sp³-hybridized carbons (Fsp3) is 0.333. The van der Waals surface area contributed by atoms with E-state index >= 15 is 0 Å². The molecule has 0 spiro atoms. The Bertz CT molecular complexity index is 906. The molecular weight excluding hydrogens is 380 g/mol. The Balaban J connectivity index is 1.65. The lowest BCUT2D eigenvalue weighted by molar-refractivity contribution is 0.0635. The van der Waals surface area contributed by atoms with Gasteiger partial charge in [-0.2, -0.15) is 0 Å². The summed E-state index contributed by atoms with van der Waals surface area (Å²) >= 11 is 6.16. The summed E-state index contributed by atoms with van der Waals surface area (Å²) in [5, 5.41) is 6.12. The second-order valence-corrected chi connectivity index (χ2v) is 7.98. The van der Waals surface area contributed by atoms with Gasteiger partial charge < -0.3 is 14.8 Å². The summed E-state index contributed by atoms with van der Waals surface area (Å²) in [6.45, 7) is 6.27. The largest absolute Gasteiger partial charge is 0.493 e. The van der Waals surface area contributed by atoms with Gasteiger partial charge in [0, 0.05) is 34.8 Å². The van der Waals surface area contributed by atoms with Gasteiger partial charge in [-0.1, -0.05) is 17.7 Å². The Morgan fingerprint density at radius 1 is 1.21 bits per heavy atom. The van der Waals surface area contributed by atoms with Crippen molar-refractivity contribution in [2.75, 3.05) is 11.9 Å². The molecule has 0 saturated heterocycles. The summed E-state index contributed by atoms with van der Waals surface area (Å²) in [5.41, 5.74) is 2.21. The van der Waals surface area contributed by atoms with Gasteiger partial charge in [0.15, 0.2) is 0 Å². The van der Waals surface area contributed by atoms with Crippen LogP contribution in [0.5, 0.6) is 5.75 Å². The molecule has 7 heteroatoms. The molecule has 0 aromatic heterocycles. The van der Waals surface area contributed by atoms with E-state index < -0.39 is 11.7 Å². The van der Waals surface area contributed by atoms with Crippen LogP contribution >= 0.6 is 11.6 Å². The fourth-order valence-corrected chi connectivity index (χ4v) is 3.18. The topological polar surface area (TPSA) is 76.7 Å². The second kappa shape index (κ2) is 8.10. The van der Waals surface area contributed by atoms with Crippen LogP contribution in [0.15, 0.2) is 36.4 Å². The molecule has 28 heavy (non-hydrogen) atoms. The van der Waals surface area contributed by atoms with Crippen molar-refractivity contribution in [2.45, 2.75) is 39.3 Å². The zero-order chi connectivity index (χ0) is 20.3. The quantitative estimate of drug-likeness (QED) is 0.786. The van der Waals surface area contributed by atoms with Gasteiger partial charge in [-0.15, -0.1) is 0 Å². The minimum atomic E-state index is -0.599. The van der Waals surface area contributed by atoms with Gasteiger partial charge in [0.25, 0.3) is 5.91 Å². The lowest BCUT2D eigenvalue weighted by Crippen LogP contribution is -2.27. The molecule has 2 N–H and O–H groups in total. The van der Waals surface area contributed by atoms with E-state index in [4.69, 9.17) is 21.1 Å². The third-order valence-corrected chi connectivity index (χ3v) is 4.25. The normalized spacial score (nSPS) is 12.7. The predicted octanol–water partition coefficient (Wildman–Crippen LogP) is 4.55. The first kappa shape index (κ1) is 20.0. The van der Waals surface area contributed by atoms with Crippen molar-refractivity contribution in [2.24, 2.45) is 0 Å². The number of carbonyl (C=O) groups excluding carboxylic acids is 2. The Morgan fingerprint density at radius 3 is 2.75 bits per heavy atom. The van der Waals surface area contributed by atoms with Crippen molar-refractivity contribution < 1.29 is 19.1 Å². The standard InChI is InChI=1S/C21H23ClN2O4/c1-21(2,3)28-20(26)24-17-6-4-5-14(11-17)19(25)23-12-15-10-16(22)9-13-7-8-27-18(13)15/h4-6,9-11H,7-8,12H2,1-3H3,(H,23,25)(H,24,26). The first-order valence-electron chi connectivity index (χ1n) is 9.04. The highest BCUT2D eigenvalue weighted by Gasteiger charge is 2.19. The molecule has 2 aromatic carbocycles. The van der Waals surface area contributed by atoms with Crippen LogP contribution in [-0.4, -0.2) is 24.2 Å². The molecule has 148 valence electrons. The highest BCUT2D eigenvalue weighted by atomic mass is 35.5. The predicted molar refractivity (Wildman–Crippen MR) is 108 cm³/mol. The maximum atomic E-state index is 12.5. The number of anilines is 1. The maximum absolute atomic E-state index is 12.5. The molecule has 0 fully saturated rings. The highest BCUT2D eigenvalue weighted by molar-refractivity contribution is 6.30. The number of amides is 2. The molecule has 6 nitrogen and oxygen atoms in total. The summed E-state index contributed by atoms with van der Waals surface area (Å²) in [5.74, 6) is 0.532. The second-order valence-electron chi connectivity index (χ2n) is 7.54. The van der Waals surface area contributed by atoms with Gasteiger partial charge in [-0.25, -0.2) is 4.79 Å². The Morgan fingerprint density at radius 2 is 2.00 bits per heavy atom. The third kappa shape index (κ3) is 5.16. The zero-order valence-corrected chi connectivity index (χ0v) is 16.9. The maximum Gasteiger partial charge on any atom is 0.412 e. The van der Waals surface area contributed by atoms with Crippen LogP contribution in [0, 0.1) is 0 Å². The van der Waals surface area contributed by atoms with E-state index in [1.165, 1.54) is 0 Å². The van der Waals surface area contributed by atoms with Gasteiger partial charge in [0.05, 0.1) is 6.61 Å². The molecule has 3 rings (SSSR count). The van der Waals surface area contributed by atoms with Crippen molar-refractivity contribution in [3.63, 3.8) is 0 Å². The molecule has 0 bridgehead atoms. The first-order chi connectivity index (χ1) is 13.2. The van der Waals surface area contributed by atoms with Gasteiger partial charge in [0.2, 0.25) is 0 Å². The number of hydrogen-bond acceptors (Lipinski definition) is 4. The van der Waals surface area contributed by atoms with Gasteiger partial charge in [0.1, 0.15) is 11.4 Å². The minimum Gasteiger partial charge on any atom is -0.493 e.